The first-order valence-electron chi connectivity index (χ1n) is 7.51. The van der Waals surface area contributed by atoms with Crippen LogP contribution in [0.1, 0.15) is 38.2 Å². The molecule has 118 valence electrons. The van der Waals surface area contributed by atoms with E-state index in [0.717, 1.165) is 37.8 Å². The second kappa shape index (κ2) is 7.33. The Bertz CT molecular complexity index is 571. The summed E-state index contributed by atoms with van der Waals surface area (Å²) < 4.78 is 40.7. The molecule has 0 atom stereocenters. The molecule has 2 rings (SSSR count). The van der Waals surface area contributed by atoms with Crippen molar-refractivity contribution in [1.29, 1.82) is 0 Å². The minimum absolute atomic E-state index is 0.263. The Morgan fingerprint density at radius 1 is 1.33 bits per heavy atom. The molecule has 0 radical (unpaired) electrons. The van der Waals surface area contributed by atoms with Gasteiger partial charge in [0.1, 0.15) is 10.7 Å². The van der Waals surface area contributed by atoms with Gasteiger partial charge >= 0.3 is 0 Å². The number of nitrogens with one attached hydrogen (secondary N) is 2. The summed E-state index contributed by atoms with van der Waals surface area (Å²) in [5, 5.41) is 3.16. The number of benzene rings is 1. The third kappa shape index (κ3) is 4.49. The zero-order valence-electron chi connectivity index (χ0n) is 12.4. The SMILES string of the molecule is CCCNCc1ccc(S(=O)(=O)NCC2CCC2)c(F)c1. The van der Waals surface area contributed by atoms with Crippen molar-refractivity contribution < 1.29 is 12.8 Å². The number of hydrogen-bond donors (Lipinski definition) is 2. The highest BCUT2D eigenvalue weighted by atomic mass is 32.2. The van der Waals surface area contributed by atoms with Crippen LogP contribution in [-0.4, -0.2) is 21.5 Å². The second-order valence-electron chi connectivity index (χ2n) is 5.59. The Balaban J connectivity index is 2.00. The van der Waals surface area contributed by atoms with Crippen molar-refractivity contribution >= 4 is 10.0 Å². The maximum absolute atomic E-state index is 14.0. The van der Waals surface area contributed by atoms with Gasteiger partial charge in [-0.05, 0) is 49.4 Å². The molecule has 1 aliphatic rings. The van der Waals surface area contributed by atoms with Crippen LogP contribution in [0.5, 0.6) is 0 Å². The topological polar surface area (TPSA) is 58.2 Å². The van der Waals surface area contributed by atoms with Gasteiger partial charge in [0, 0.05) is 13.1 Å². The fourth-order valence-electron chi connectivity index (χ4n) is 2.28. The molecule has 2 N–H and O–H groups in total. The summed E-state index contributed by atoms with van der Waals surface area (Å²) in [6, 6.07) is 4.30. The molecule has 0 bridgehead atoms. The number of halogens is 1. The lowest BCUT2D eigenvalue weighted by Crippen LogP contribution is -2.32. The first-order chi connectivity index (χ1) is 10.0. The van der Waals surface area contributed by atoms with E-state index in [4.69, 9.17) is 0 Å². The van der Waals surface area contributed by atoms with E-state index in [0.29, 0.717) is 19.0 Å². The fourth-order valence-corrected chi connectivity index (χ4v) is 3.46. The molecule has 0 aromatic heterocycles. The number of hydrogen-bond acceptors (Lipinski definition) is 3. The van der Waals surface area contributed by atoms with Gasteiger partial charge in [-0.2, -0.15) is 0 Å². The normalized spacial score (nSPS) is 15.9. The highest BCUT2D eigenvalue weighted by molar-refractivity contribution is 7.89. The van der Waals surface area contributed by atoms with Crippen LogP contribution >= 0.6 is 0 Å². The Labute approximate surface area is 126 Å². The minimum Gasteiger partial charge on any atom is -0.313 e. The Morgan fingerprint density at radius 3 is 2.67 bits per heavy atom. The lowest BCUT2D eigenvalue weighted by Gasteiger charge is -2.25. The van der Waals surface area contributed by atoms with Crippen molar-refractivity contribution in [2.75, 3.05) is 13.1 Å². The molecule has 1 saturated carbocycles. The molecule has 1 aromatic carbocycles. The Kier molecular flexibility index (Phi) is 5.72. The van der Waals surface area contributed by atoms with Gasteiger partial charge in [-0.3, -0.25) is 0 Å². The third-order valence-electron chi connectivity index (χ3n) is 3.83. The molecule has 1 aliphatic carbocycles. The summed E-state index contributed by atoms with van der Waals surface area (Å²) >= 11 is 0. The molecular formula is C15H23FN2O2S. The molecule has 0 aliphatic heterocycles. The van der Waals surface area contributed by atoms with Crippen molar-refractivity contribution in [3.8, 4) is 0 Å². The zero-order valence-corrected chi connectivity index (χ0v) is 13.2. The van der Waals surface area contributed by atoms with E-state index in [1.165, 1.54) is 12.1 Å². The number of sulfonamides is 1. The molecule has 1 aromatic rings. The molecular weight excluding hydrogens is 291 g/mol. The van der Waals surface area contributed by atoms with Crippen LogP contribution in [0, 0.1) is 11.7 Å². The van der Waals surface area contributed by atoms with E-state index >= 15 is 0 Å². The van der Waals surface area contributed by atoms with Gasteiger partial charge in [0.2, 0.25) is 10.0 Å². The van der Waals surface area contributed by atoms with E-state index in [2.05, 4.69) is 17.0 Å². The van der Waals surface area contributed by atoms with Gasteiger partial charge in [0.05, 0.1) is 0 Å². The lowest BCUT2D eigenvalue weighted by molar-refractivity contribution is 0.316. The summed E-state index contributed by atoms with van der Waals surface area (Å²) in [7, 11) is -3.75. The van der Waals surface area contributed by atoms with Crippen molar-refractivity contribution in [3.05, 3.63) is 29.6 Å². The predicted octanol–water partition coefficient (Wildman–Crippen LogP) is 2.40. The van der Waals surface area contributed by atoms with Gasteiger partial charge < -0.3 is 5.32 Å². The summed E-state index contributed by atoms with van der Waals surface area (Å²) in [5.41, 5.74) is 0.749. The number of rotatable bonds is 8. The maximum atomic E-state index is 14.0. The minimum atomic E-state index is -3.75. The van der Waals surface area contributed by atoms with Crippen molar-refractivity contribution in [2.24, 2.45) is 5.92 Å². The summed E-state index contributed by atoms with van der Waals surface area (Å²) in [5.74, 6) is -0.285. The molecule has 0 amide bonds. The Morgan fingerprint density at radius 2 is 2.10 bits per heavy atom. The van der Waals surface area contributed by atoms with Crippen LogP contribution in [0.2, 0.25) is 0 Å². The maximum Gasteiger partial charge on any atom is 0.243 e. The summed E-state index contributed by atoms with van der Waals surface area (Å²) in [4.78, 5) is -0.263. The van der Waals surface area contributed by atoms with E-state index < -0.39 is 15.8 Å². The molecule has 0 unspecified atom stereocenters. The molecule has 0 saturated heterocycles. The third-order valence-corrected chi connectivity index (χ3v) is 5.29. The first kappa shape index (κ1) is 16.4. The predicted molar refractivity (Wildman–Crippen MR) is 80.9 cm³/mol. The standard InChI is InChI=1S/C15H23FN2O2S/c1-2-8-17-10-13-6-7-15(14(16)9-13)21(19,20)18-11-12-4-3-5-12/h6-7,9,12,17-18H,2-5,8,10-11H2,1H3. The molecule has 4 nitrogen and oxygen atoms in total. The molecule has 1 fully saturated rings. The highest BCUT2D eigenvalue weighted by Crippen LogP contribution is 2.26. The fraction of sp³-hybridized carbons (Fsp3) is 0.600. The second-order valence-corrected chi connectivity index (χ2v) is 7.33. The van der Waals surface area contributed by atoms with Crippen LogP contribution in [0.4, 0.5) is 4.39 Å². The zero-order chi connectivity index (χ0) is 15.3. The van der Waals surface area contributed by atoms with Crippen molar-refractivity contribution in [3.63, 3.8) is 0 Å². The molecule has 6 heteroatoms. The highest BCUT2D eigenvalue weighted by Gasteiger charge is 2.23. The van der Waals surface area contributed by atoms with Crippen LogP contribution in [0.25, 0.3) is 0 Å². The van der Waals surface area contributed by atoms with Crippen LogP contribution in [0.15, 0.2) is 23.1 Å². The van der Waals surface area contributed by atoms with Crippen LogP contribution < -0.4 is 10.0 Å². The van der Waals surface area contributed by atoms with Gasteiger partial charge in [0.25, 0.3) is 0 Å². The van der Waals surface area contributed by atoms with Crippen molar-refractivity contribution in [2.45, 2.75) is 44.0 Å². The Hall–Kier alpha value is -0.980. The molecule has 21 heavy (non-hydrogen) atoms. The summed E-state index contributed by atoms with van der Waals surface area (Å²) in [6.45, 7) is 3.85. The van der Waals surface area contributed by atoms with E-state index in [1.54, 1.807) is 6.07 Å². The van der Waals surface area contributed by atoms with Crippen molar-refractivity contribution in [1.82, 2.24) is 10.0 Å². The smallest absolute Gasteiger partial charge is 0.243 e. The average Bonchev–Trinajstić information content (AvgIpc) is 2.37. The lowest BCUT2D eigenvalue weighted by atomic mass is 9.86. The molecule has 0 heterocycles. The van der Waals surface area contributed by atoms with E-state index in [1.807, 2.05) is 0 Å². The molecule has 0 spiro atoms. The van der Waals surface area contributed by atoms with Gasteiger partial charge in [0.15, 0.2) is 0 Å². The first-order valence-corrected chi connectivity index (χ1v) is 9.00. The van der Waals surface area contributed by atoms with Gasteiger partial charge in [-0.1, -0.05) is 19.4 Å². The van der Waals surface area contributed by atoms with Crippen LogP contribution in [0.3, 0.4) is 0 Å². The van der Waals surface area contributed by atoms with E-state index in [9.17, 15) is 12.8 Å². The quantitative estimate of drug-likeness (QED) is 0.725. The monoisotopic (exact) mass is 314 g/mol. The average molecular weight is 314 g/mol. The van der Waals surface area contributed by atoms with E-state index in [-0.39, 0.29) is 4.90 Å². The van der Waals surface area contributed by atoms with Gasteiger partial charge in [-0.15, -0.1) is 0 Å². The summed E-state index contributed by atoms with van der Waals surface area (Å²) in [6.07, 6.45) is 4.25. The largest absolute Gasteiger partial charge is 0.313 e. The van der Waals surface area contributed by atoms with Crippen LogP contribution in [-0.2, 0) is 16.6 Å². The van der Waals surface area contributed by atoms with Gasteiger partial charge in [-0.25, -0.2) is 17.5 Å².